The lowest BCUT2D eigenvalue weighted by Gasteiger charge is -2.09. The fraction of sp³-hybridized carbons (Fsp3) is 0.190. The van der Waals surface area contributed by atoms with E-state index in [9.17, 15) is 18.0 Å². The van der Waals surface area contributed by atoms with E-state index in [4.69, 9.17) is 20.8 Å². The topological polar surface area (TPSA) is 51.5 Å². The van der Waals surface area contributed by atoms with E-state index in [1.807, 2.05) is 24.3 Å². The Kier molecular flexibility index (Phi) is 6.17. The van der Waals surface area contributed by atoms with Crippen molar-refractivity contribution >= 4 is 17.5 Å². The van der Waals surface area contributed by atoms with Crippen molar-refractivity contribution in [2.75, 3.05) is 13.7 Å². The molecule has 1 amide bonds. The predicted molar refractivity (Wildman–Crippen MR) is 103 cm³/mol. The molecule has 1 aromatic heterocycles. The van der Waals surface area contributed by atoms with Crippen LogP contribution in [0.4, 0.5) is 13.2 Å². The molecule has 152 valence electrons. The molecule has 0 radical (unpaired) electrons. The summed E-state index contributed by atoms with van der Waals surface area (Å²) < 4.78 is 49.3. The zero-order chi connectivity index (χ0) is 21.0. The molecular formula is C21H17ClF3NO3. The van der Waals surface area contributed by atoms with Gasteiger partial charge in [-0.05, 0) is 54.4 Å². The van der Waals surface area contributed by atoms with Crippen molar-refractivity contribution in [2.45, 2.75) is 12.6 Å². The third kappa shape index (κ3) is 5.12. The van der Waals surface area contributed by atoms with Crippen LogP contribution in [0.2, 0.25) is 5.02 Å². The fourth-order valence-corrected chi connectivity index (χ4v) is 2.91. The molecule has 3 rings (SSSR count). The second kappa shape index (κ2) is 8.61. The second-order valence-electron chi connectivity index (χ2n) is 6.21. The second-order valence-corrected chi connectivity index (χ2v) is 6.62. The van der Waals surface area contributed by atoms with Gasteiger partial charge in [0.2, 0.25) is 0 Å². The Bertz CT molecular complexity index is 997. The highest BCUT2D eigenvalue weighted by atomic mass is 35.5. The summed E-state index contributed by atoms with van der Waals surface area (Å²) in [6.07, 6.45) is -3.91. The van der Waals surface area contributed by atoms with Crippen LogP contribution in [0.15, 0.2) is 59.0 Å². The quantitative estimate of drug-likeness (QED) is 0.561. The Morgan fingerprint density at radius 1 is 1.10 bits per heavy atom. The summed E-state index contributed by atoms with van der Waals surface area (Å²) in [5, 5.41) is 2.81. The van der Waals surface area contributed by atoms with Gasteiger partial charge in [-0.2, -0.15) is 13.2 Å². The van der Waals surface area contributed by atoms with Crippen molar-refractivity contribution < 1.29 is 27.1 Å². The van der Waals surface area contributed by atoms with E-state index >= 15 is 0 Å². The number of carbonyl (C=O) groups excluding carboxylic acids is 1. The monoisotopic (exact) mass is 423 g/mol. The Morgan fingerprint density at radius 2 is 1.83 bits per heavy atom. The minimum Gasteiger partial charge on any atom is -0.497 e. The van der Waals surface area contributed by atoms with Crippen molar-refractivity contribution in [3.8, 4) is 17.1 Å². The van der Waals surface area contributed by atoms with E-state index in [-0.39, 0.29) is 22.1 Å². The third-order valence-electron chi connectivity index (χ3n) is 4.25. The number of ether oxygens (including phenoxy) is 1. The van der Waals surface area contributed by atoms with Crippen LogP contribution < -0.4 is 10.1 Å². The number of amides is 1. The Labute approximate surface area is 170 Å². The van der Waals surface area contributed by atoms with Crippen molar-refractivity contribution in [3.05, 3.63) is 76.5 Å². The molecule has 3 aromatic rings. The van der Waals surface area contributed by atoms with Crippen LogP contribution in [-0.4, -0.2) is 19.6 Å². The number of hydrogen-bond donors (Lipinski definition) is 1. The molecule has 8 heteroatoms. The summed E-state index contributed by atoms with van der Waals surface area (Å²) in [6, 6.07) is 13.2. The number of furan rings is 1. The molecule has 4 nitrogen and oxygen atoms in total. The van der Waals surface area contributed by atoms with E-state index in [0.717, 1.165) is 29.5 Å². The van der Waals surface area contributed by atoms with Crippen LogP contribution in [-0.2, 0) is 12.6 Å². The lowest BCUT2D eigenvalue weighted by atomic mass is 10.1. The largest absolute Gasteiger partial charge is 0.497 e. The smallest absolute Gasteiger partial charge is 0.416 e. The highest BCUT2D eigenvalue weighted by Crippen LogP contribution is 2.36. The maximum absolute atomic E-state index is 12.9. The van der Waals surface area contributed by atoms with Gasteiger partial charge < -0.3 is 14.5 Å². The predicted octanol–water partition coefficient (Wildman–Crippen LogP) is 5.60. The van der Waals surface area contributed by atoms with Gasteiger partial charge in [0, 0.05) is 12.1 Å². The van der Waals surface area contributed by atoms with E-state index in [1.54, 1.807) is 7.11 Å². The Balaban J connectivity index is 1.65. The maximum atomic E-state index is 12.9. The fourth-order valence-electron chi connectivity index (χ4n) is 2.69. The van der Waals surface area contributed by atoms with Crippen LogP contribution in [0.1, 0.15) is 21.7 Å². The first-order valence-electron chi connectivity index (χ1n) is 8.66. The van der Waals surface area contributed by atoms with E-state index in [1.165, 1.54) is 12.1 Å². The molecule has 0 aliphatic heterocycles. The van der Waals surface area contributed by atoms with Crippen LogP contribution >= 0.6 is 11.6 Å². The molecular weight excluding hydrogens is 407 g/mol. The molecule has 0 unspecified atom stereocenters. The summed E-state index contributed by atoms with van der Waals surface area (Å²) in [5.41, 5.74) is 0.236. The minimum absolute atomic E-state index is 0.0109. The molecule has 1 heterocycles. The maximum Gasteiger partial charge on any atom is 0.416 e. The van der Waals surface area contributed by atoms with E-state index < -0.39 is 17.6 Å². The molecule has 0 fully saturated rings. The average molecular weight is 424 g/mol. The van der Waals surface area contributed by atoms with E-state index in [0.29, 0.717) is 13.0 Å². The lowest BCUT2D eigenvalue weighted by Crippen LogP contribution is -2.25. The SMILES string of the molecule is COc1ccc(CCNC(=O)c2ccc(-c3cc(C(F)(F)F)ccc3Cl)o2)cc1. The summed E-state index contributed by atoms with van der Waals surface area (Å²) in [4.78, 5) is 12.3. The molecule has 2 aromatic carbocycles. The van der Waals surface area contributed by atoms with Crippen molar-refractivity contribution in [2.24, 2.45) is 0 Å². The van der Waals surface area contributed by atoms with Gasteiger partial charge in [-0.1, -0.05) is 23.7 Å². The Hall–Kier alpha value is -2.93. The van der Waals surface area contributed by atoms with Gasteiger partial charge in [0.25, 0.3) is 5.91 Å². The van der Waals surface area contributed by atoms with Crippen molar-refractivity contribution in [3.63, 3.8) is 0 Å². The number of hydrogen-bond acceptors (Lipinski definition) is 3. The van der Waals surface area contributed by atoms with Gasteiger partial charge in [-0.15, -0.1) is 0 Å². The number of halogens is 4. The zero-order valence-electron chi connectivity index (χ0n) is 15.3. The summed E-state index contributed by atoms with van der Waals surface area (Å²) in [5.74, 6) is 0.353. The molecule has 0 saturated carbocycles. The van der Waals surface area contributed by atoms with Crippen LogP contribution in [0, 0.1) is 0 Å². The van der Waals surface area contributed by atoms with Gasteiger partial charge in [-0.25, -0.2) is 0 Å². The zero-order valence-corrected chi connectivity index (χ0v) is 16.1. The number of benzene rings is 2. The summed E-state index contributed by atoms with van der Waals surface area (Å²) in [6.45, 7) is 0.367. The highest BCUT2D eigenvalue weighted by Gasteiger charge is 2.31. The average Bonchev–Trinajstić information content (AvgIpc) is 3.18. The summed E-state index contributed by atoms with van der Waals surface area (Å²) in [7, 11) is 1.58. The number of rotatable bonds is 6. The van der Waals surface area contributed by atoms with Crippen molar-refractivity contribution in [1.29, 1.82) is 0 Å². The van der Waals surface area contributed by atoms with Gasteiger partial charge in [0.1, 0.15) is 11.5 Å². The van der Waals surface area contributed by atoms with Crippen LogP contribution in [0.5, 0.6) is 5.75 Å². The third-order valence-corrected chi connectivity index (χ3v) is 4.58. The van der Waals surface area contributed by atoms with Crippen LogP contribution in [0.3, 0.4) is 0 Å². The van der Waals surface area contributed by atoms with Crippen molar-refractivity contribution in [1.82, 2.24) is 5.32 Å². The molecule has 1 N–H and O–H groups in total. The molecule has 0 saturated heterocycles. The first-order chi connectivity index (χ1) is 13.8. The molecule has 0 spiro atoms. The molecule has 0 aliphatic carbocycles. The van der Waals surface area contributed by atoms with Gasteiger partial charge in [0.15, 0.2) is 5.76 Å². The number of carbonyl (C=O) groups is 1. The standard InChI is InChI=1S/C21H17ClF3NO3/c1-28-15-5-2-13(3-6-15)10-11-26-20(27)19-9-8-18(29-19)16-12-14(21(23,24)25)4-7-17(16)22/h2-9,12H,10-11H2,1H3,(H,26,27). The van der Waals surface area contributed by atoms with E-state index in [2.05, 4.69) is 5.32 Å². The number of methoxy groups -OCH3 is 1. The molecule has 0 atom stereocenters. The highest BCUT2D eigenvalue weighted by molar-refractivity contribution is 6.33. The first-order valence-corrected chi connectivity index (χ1v) is 9.04. The van der Waals surface area contributed by atoms with Gasteiger partial charge in [-0.3, -0.25) is 4.79 Å². The molecule has 29 heavy (non-hydrogen) atoms. The number of nitrogens with one attached hydrogen (secondary N) is 1. The molecule has 0 aliphatic rings. The van der Waals surface area contributed by atoms with Gasteiger partial charge >= 0.3 is 6.18 Å². The normalized spacial score (nSPS) is 11.3. The minimum atomic E-state index is -4.51. The van der Waals surface area contributed by atoms with Crippen LogP contribution in [0.25, 0.3) is 11.3 Å². The van der Waals surface area contributed by atoms with Gasteiger partial charge in [0.05, 0.1) is 17.7 Å². The molecule has 0 bridgehead atoms. The Morgan fingerprint density at radius 3 is 2.48 bits per heavy atom. The lowest BCUT2D eigenvalue weighted by molar-refractivity contribution is -0.137. The first kappa shape index (κ1) is 20.8. The number of alkyl halides is 3. The summed E-state index contributed by atoms with van der Waals surface area (Å²) >= 11 is 6.01.